The monoisotopic (exact) mass is 515 g/mol. The normalized spacial score (nSPS) is 16.6. The van der Waals surface area contributed by atoms with E-state index in [0.717, 1.165) is 17.3 Å². The zero-order valence-corrected chi connectivity index (χ0v) is 21.1. The molecular formula is C27H31F2N3O3S. The van der Waals surface area contributed by atoms with Crippen LogP contribution < -0.4 is 4.74 Å². The third kappa shape index (κ3) is 5.95. The van der Waals surface area contributed by atoms with Gasteiger partial charge >= 0.3 is 5.97 Å². The van der Waals surface area contributed by atoms with E-state index < -0.39 is 24.2 Å². The van der Waals surface area contributed by atoms with Crippen molar-refractivity contribution in [1.82, 2.24) is 14.9 Å². The number of hydrogen-bond donors (Lipinski definition) is 1. The summed E-state index contributed by atoms with van der Waals surface area (Å²) in [5, 5.41) is 11.6. The Bertz CT molecular complexity index is 1170. The summed E-state index contributed by atoms with van der Waals surface area (Å²) < 4.78 is 34.7. The van der Waals surface area contributed by atoms with E-state index >= 15 is 4.39 Å². The molecule has 1 atom stereocenters. The number of alkyl halides is 2. The maximum atomic E-state index is 15.7. The lowest BCUT2D eigenvalue weighted by molar-refractivity contribution is -0.153. The molecule has 36 heavy (non-hydrogen) atoms. The number of pyridine rings is 2. The molecule has 1 saturated heterocycles. The molecule has 0 spiro atoms. The van der Waals surface area contributed by atoms with Gasteiger partial charge in [-0.25, -0.2) is 13.8 Å². The Kier molecular flexibility index (Phi) is 8.74. The number of carboxylic acid groups (broad SMARTS) is 1. The number of hydrogen-bond acceptors (Lipinski definition) is 6. The SMILES string of the molecule is COc1ccc2ncc(CF)c([C@@H](F)CCC3(C(=O)O)CCN(CCSc4ccccn4)CC3)c2c1. The van der Waals surface area contributed by atoms with Gasteiger partial charge in [-0.05, 0) is 69.1 Å². The molecule has 2 aromatic heterocycles. The van der Waals surface area contributed by atoms with Crippen LogP contribution in [-0.4, -0.2) is 58.4 Å². The molecule has 3 heterocycles. The van der Waals surface area contributed by atoms with Crippen LogP contribution in [0.4, 0.5) is 8.78 Å². The van der Waals surface area contributed by atoms with Crippen LogP contribution in [0, 0.1) is 5.41 Å². The number of aromatic nitrogens is 2. The highest BCUT2D eigenvalue weighted by Crippen LogP contribution is 2.41. The van der Waals surface area contributed by atoms with E-state index in [0.29, 0.717) is 42.6 Å². The highest BCUT2D eigenvalue weighted by molar-refractivity contribution is 7.99. The van der Waals surface area contributed by atoms with Crippen LogP contribution in [-0.2, 0) is 11.5 Å². The van der Waals surface area contributed by atoms with Crippen molar-refractivity contribution >= 4 is 28.6 Å². The van der Waals surface area contributed by atoms with E-state index in [-0.39, 0.29) is 24.0 Å². The molecule has 0 saturated carbocycles. The maximum Gasteiger partial charge on any atom is 0.309 e. The zero-order chi connectivity index (χ0) is 25.5. The van der Waals surface area contributed by atoms with Crippen LogP contribution >= 0.6 is 11.8 Å². The summed E-state index contributed by atoms with van der Waals surface area (Å²) in [6, 6.07) is 10.9. The number of aliphatic carboxylic acids is 1. The van der Waals surface area contributed by atoms with Gasteiger partial charge < -0.3 is 14.7 Å². The van der Waals surface area contributed by atoms with Gasteiger partial charge in [-0.1, -0.05) is 6.07 Å². The smallest absolute Gasteiger partial charge is 0.309 e. The van der Waals surface area contributed by atoms with Crippen molar-refractivity contribution in [1.29, 1.82) is 0 Å². The molecule has 0 radical (unpaired) electrons. The predicted molar refractivity (Wildman–Crippen MR) is 137 cm³/mol. The Labute approximate surface area is 214 Å². The van der Waals surface area contributed by atoms with Crippen molar-refractivity contribution in [3.05, 3.63) is 59.9 Å². The summed E-state index contributed by atoms with van der Waals surface area (Å²) in [6.45, 7) is 1.30. The molecular weight excluding hydrogens is 484 g/mol. The molecule has 1 aliphatic heterocycles. The fourth-order valence-electron chi connectivity index (χ4n) is 4.87. The van der Waals surface area contributed by atoms with Gasteiger partial charge in [-0.2, -0.15) is 0 Å². The van der Waals surface area contributed by atoms with Gasteiger partial charge in [0.25, 0.3) is 0 Å². The largest absolute Gasteiger partial charge is 0.497 e. The molecule has 1 aliphatic rings. The van der Waals surface area contributed by atoms with Crippen LogP contribution in [0.1, 0.15) is 43.0 Å². The molecule has 192 valence electrons. The van der Waals surface area contributed by atoms with E-state index in [1.54, 1.807) is 36.2 Å². The molecule has 0 aliphatic carbocycles. The Morgan fingerprint density at radius 1 is 1.25 bits per heavy atom. The van der Waals surface area contributed by atoms with Crippen molar-refractivity contribution in [2.45, 2.75) is 43.6 Å². The maximum absolute atomic E-state index is 15.7. The van der Waals surface area contributed by atoms with E-state index in [2.05, 4.69) is 14.9 Å². The first-order valence-corrected chi connectivity index (χ1v) is 13.1. The first-order chi connectivity index (χ1) is 17.5. The molecule has 1 N–H and O–H groups in total. The van der Waals surface area contributed by atoms with E-state index in [4.69, 9.17) is 4.74 Å². The summed E-state index contributed by atoms with van der Waals surface area (Å²) in [5.41, 5.74) is 0.00000624. The van der Waals surface area contributed by atoms with E-state index in [1.807, 2.05) is 18.2 Å². The minimum atomic E-state index is -1.50. The van der Waals surface area contributed by atoms with Crippen LogP contribution in [0.25, 0.3) is 10.9 Å². The lowest BCUT2D eigenvalue weighted by atomic mass is 9.74. The van der Waals surface area contributed by atoms with Gasteiger partial charge in [-0.15, -0.1) is 11.8 Å². The summed E-state index contributed by atoms with van der Waals surface area (Å²) in [7, 11) is 1.51. The number of carbonyl (C=O) groups is 1. The highest BCUT2D eigenvalue weighted by atomic mass is 32.2. The molecule has 0 amide bonds. The molecule has 3 aromatic rings. The predicted octanol–water partition coefficient (Wildman–Crippen LogP) is 5.86. The quantitative estimate of drug-likeness (QED) is 0.321. The van der Waals surface area contributed by atoms with Gasteiger partial charge in [-0.3, -0.25) is 9.78 Å². The first kappa shape index (κ1) is 26.3. The summed E-state index contributed by atoms with van der Waals surface area (Å²) in [6.07, 6.45) is 2.76. The Hall–Kier alpha value is -2.78. The average molecular weight is 516 g/mol. The van der Waals surface area contributed by atoms with Gasteiger partial charge in [0.2, 0.25) is 0 Å². The number of ether oxygens (including phenoxy) is 1. The van der Waals surface area contributed by atoms with Gasteiger partial charge in [0, 0.05) is 41.2 Å². The minimum absolute atomic E-state index is 0.00511. The summed E-state index contributed by atoms with van der Waals surface area (Å²) >= 11 is 1.68. The second-order valence-corrected chi connectivity index (χ2v) is 10.3. The second-order valence-electron chi connectivity index (χ2n) is 9.16. The van der Waals surface area contributed by atoms with Crippen LogP contribution in [0.3, 0.4) is 0 Å². The van der Waals surface area contributed by atoms with Crippen molar-refractivity contribution < 1.29 is 23.4 Å². The van der Waals surface area contributed by atoms with Crippen molar-refractivity contribution in [2.24, 2.45) is 5.41 Å². The lowest BCUT2D eigenvalue weighted by Crippen LogP contribution is -2.45. The number of piperidine rings is 1. The number of methoxy groups -OCH3 is 1. The number of thioether (sulfide) groups is 1. The molecule has 4 rings (SSSR count). The molecule has 9 heteroatoms. The summed E-state index contributed by atoms with van der Waals surface area (Å²) in [5.74, 6) is 0.516. The molecule has 0 bridgehead atoms. The third-order valence-corrected chi connectivity index (χ3v) is 8.02. The fourth-order valence-corrected chi connectivity index (χ4v) is 5.74. The Morgan fingerprint density at radius 3 is 2.72 bits per heavy atom. The van der Waals surface area contributed by atoms with E-state index in [9.17, 15) is 14.3 Å². The fraction of sp³-hybridized carbons (Fsp3) is 0.444. The molecule has 1 fully saturated rings. The van der Waals surface area contributed by atoms with E-state index in [1.165, 1.54) is 13.3 Å². The van der Waals surface area contributed by atoms with Crippen molar-refractivity contribution in [2.75, 3.05) is 32.5 Å². The Balaban J connectivity index is 1.40. The number of benzene rings is 1. The topological polar surface area (TPSA) is 75.6 Å². The Morgan fingerprint density at radius 2 is 2.06 bits per heavy atom. The molecule has 6 nitrogen and oxygen atoms in total. The number of likely N-dealkylation sites (tertiary alicyclic amines) is 1. The van der Waals surface area contributed by atoms with Crippen molar-refractivity contribution in [3.8, 4) is 5.75 Å². The minimum Gasteiger partial charge on any atom is -0.497 e. The molecule has 0 unspecified atom stereocenters. The number of fused-ring (bicyclic) bond motifs is 1. The third-order valence-electron chi connectivity index (χ3n) is 7.09. The molecule has 1 aromatic carbocycles. The zero-order valence-electron chi connectivity index (χ0n) is 20.3. The lowest BCUT2D eigenvalue weighted by Gasteiger charge is -2.39. The average Bonchev–Trinajstić information content (AvgIpc) is 2.92. The second kappa shape index (κ2) is 12.0. The number of rotatable bonds is 11. The van der Waals surface area contributed by atoms with Gasteiger partial charge in [0.15, 0.2) is 0 Å². The number of carboxylic acids is 1. The van der Waals surface area contributed by atoms with Gasteiger partial charge in [0.05, 0.1) is 23.1 Å². The van der Waals surface area contributed by atoms with Crippen LogP contribution in [0.2, 0.25) is 0 Å². The highest BCUT2D eigenvalue weighted by Gasteiger charge is 2.41. The van der Waals surface area contributed by atoms with Crippen LogP contribution in [0.15, 0.2) is 53.8 Å². The van der Waals surface area contributed by atoms with Gasteiger partial charge in [0.1, 0.15) is 18.6 Å². The first-order valence-electron chi connectivity index (χ1n) is 12.1. The van der Waals surface area contributed by atoms with Crippen molar-refractivity contribution in [3.63, 3.8) is 0 Å². The summed E-state index contributed by atoms with van der Waals surface area (Å²) in [4.78, 5) is 23.1. The number of halogens is 2. The standard InChI is InChI=1S/C27H31F2N3O3S/c1-35-20-5-6-23-21(16-20)25(19(17-28)18-31-23)22(29)7-8-27(26(33)34)9-12-32(13-10-27)14-15-36-24-4-2-3-11-30-24/h2-6,11,16,18,22H,7-10,12-15,17H2,1H3,(H,33,34)/t22-/m0/s1. The van der Waals surface area contributed by atoms with Crippen LogP contribution in [0.5, 0.6) is 5.75 Å². The number of nitrogens with zero attached hydrogens (tertiary/aromatic N) is 3.